The fourth-order valence-electron chi connectivity index (χ4n) is 2.08. The van der Waals surface area contributed by atoms with Crippen LogP contribution in [0, 0.1) is 11.6 Å². The summed E-state index contributed by atoms with van der Waals surface area (Å²) < 4.78 is 26.6. The van der Waals surface area contributed by atoms with Crippen LogP contribution in [0.3, 0.4) is 0 Å². The second kappa shape index (κ2) is 6.35. The number of hydrogen-bond donors (Lipinski definition) is 2. The lowest BCUT2D eigenvalue weighted by Gasteiger charge is -2.16. The summed E-state index contributed by atoms with van der Waals surface area (Å²) in [6, 6.07) is 9.98. The molecule has 110 valence electrons. The SMILES string of the molecule is CC(Cc1ccc(F)cc1)Nc1cc(C(N)=O)ccc1F. The van der Waals surface area contributed by atoms with Gasteiger partial charge in [-0.3, -0.25) is 4.79 Å². The highest BCUT2D eigenvalue weighted by molar-refractivity contribution is 5.93. The number of hydrogen-bond acceptors (Lipinski definition) is 2. The van der Waals surface area contributed by atoms with E-state index in [0.29, 0.717) is 6.42 Å². The van der Waals surface area contributed by atoms with Crippen molar-refractivity contribution in [3.63, 3.8) is 0 Å². The van der Waals surface area contributed by atoms with E-state index in [4.69, 9.17) is 5.73 Å². The van der Waals surface area contributed by atoms with Crippen LogP contribution in [-0.4, -0.2) is 11.9 Å². The highest BCUT2D eigenvalue weighted by Gasteiger charge is 2.10. The molecule has 0 aromatic heterocycles. The van der Waals surface area contributed by atoms with Crippen LogP contribution in [0.1, 0.15) is 22.8 Å². The molecule has 0 saturated carbocycles. The van der Waals surface area contributed by atoms with Gasteiger partial charge in [0.05, 0.1) is 5.69 Å². The number of amides is 1. The van der Waals surface area contributed by atoms with Crippen molar-refractivity contribution in [1.29, 1.82) is 0 Å². The summed E-state index contributed by atoms with van der Waals surface area (Å²) in [5.74, 6) is -1.35. The van der Waals surface area contributed by atoms with E-state index in [1.807, 2.05) is 6.92 Å². The lowest BCUT2D eigenvalue weighted by atomic mass is 10.1. The van der Waals surface area contributed by atoms with Crippen LogP contribution in [0.15, 0.2) is 42.5 Å². The molecule has 0 spiro atoms. The van der Waals surface area contributed by atoms with E-state index in [-0.39, 0.29) is 23.1 Å². The van der Waals surface area contributed by atoms with Crippen LogP contribution < -0.4 is 11.1 Å². The molecule has 0 saturated heterocycles. The van der Waals surface area contributed by atoms with Crippen molar-refractivity contribution in [2.24, 2.45) is 5.73 Å². The first-order valence-electron chi connectivity index (χ1n) is 6.56. The third-order valence-electron chi connectivity index (χ3n) is 3.11. The fraction of sp³-hybridized carbons (Fsp3) is 0.188. The minimum Gasteiger partial charge on any atom is -0.380 e. The van der Waals surface area contributed by atoms with Crippen molar-refractivity contribution in [2.45, 2.75) is 19.4 Å². The van der Waals surface area contributed by atoms with Gasteiger partial charge in [0.1, 0.15) is 11.6 Å². The molecule has 3 nitrogen and oxygen atoms in total. The molecule has 0 bridgehead atoms. The van der Waals surface area contributed by atoms with Gasteiger partial charge < -0.3 is 11.1 Å². The number of carbonyl (C=O) groups is 1. The first kappa shape index (κ1) is 15.0. The molecular weight excluding hydrogens is 274 g/mol. The molecule has 0 aliphatic carbocycles. The number of benzene rings is 2. The number of anilines is 1. The average Bonchev–Trinajstić information content (AvgIpc) is 2.43. The number of carbonyl (C=O) groups excluding carboxylic acids is 1. The first-order chi connectivity index (χ1) is 9.95. The third-order valence-corrected chi connectivity index (χ3v) is 3.11. The minimum atomic E-state index is -0.607. The monoisotopic (exact) mass is 290 g/mol. The van der Waals surface area contributed by atoms with E-state index in [2.05, 4.69) is 5.32 Å². The minimum absolute atomic E-state index is 0.0897. The van der Waals surface area contributed by atoms with E-state index in [1.165, 1.54) is 30.3 Å². The van der Waals surface area contributed by atoms with Gasteiger partial charge in [-0.1, -0.05) is 12.1 Å². The van der Waals surface area contributed by atoms with Crippen LogP contribution >= 0.6 is 0 Å². The molecule has 0 radical (unpaired) electrons. The van der Waals surface area contributed by atoms with E-state index < -0.39 is 11.7 Å². The lowest BCUT2D eigenvalue weighted by Crippen LogP contribution is -2.20. The van der Waals surface area contributed by atoms with Crippen LogP contribution in [0.25, 0.3) is 0 Å². The standard InChI is InChI=1S/C16H16F2N2O/c1-10(8-11-2-5-13(17)6-3-11)20-15-9-12(16(19)21)4-7-14(15)18/h2-7,9-10,20H,8H2,1H3,(H2,19,21). The molecule has 5 heteroatoms. The highest BCUT2D eigenvalue weighted by Crippen LogP contribution is 2.18. The molecule has 1 unspecified atom stereocenters. The lowest BCUT2D eigenvalue weighted by molar-refractivity contribution is 0.100. The molecular formula is C16H16F2N2O. The Morgan fingerprint density at radius 1 is 1.19 bits per heavy atom. The Labute approximate surface area is 121 Å². The fourth-order valence-corrected chi connectivity index (χ4v) is 2.08. The Morgan fingerprint density at radius 3 is 2.48 bits per heavy atom. The summed E-state index contributed by atoms with van der Waals surface area (Å²) in [6.45, 7) is 1.87. The van der Waals surface area contributed by atoms with E-state index in [1.54, 1.807) is 12.1 Å². The van der Waals surface area contributed by atoms with Crippen molar-refractivity contribution in [2.75, 3.05) is 5.32 Å². The normalized spacial score (nSPS) is 12.0. The topological polar surface area (TPSA) is 55.1 Å². The Hall–Kier alpha value is -2.43. The van der Waals surface area contributed by atoms with Gasteiger partial charge in [0.15, 0.2) is 0 Å². The van der Waals surface area contributed by atoms with Gasteiger partial charge in [0, 0.05) is 11.6 Å². The van der Waals surface area contributed by atoms with Crippen molar-refractivity contribution < 1.29 is 13.6 Å². The molecule has 2 rings (SSSR count). The summed E-state index contributed by atoms with van der Waals surface area (Å²) >= 11 is 0. The predicted octanol–water partition coefficient (Wildman–Crippen LogP) is 3.11. The van der Waals surface area contributed by atoms with E-state index >= 15 is 0 Å². The summed E-state index contributed by atoms with van der Waals surface area (Å²) in [4.78, 5) is 11.1. The number of primary amides is 1. The summed E-state index contributed by atoms with van der Waals surface area (Å²) in [7, 11) is 0. The van der Waals surface area contributed by atoms with Crippen molar-refractivity contribution >= 4 is 11.6 Å². The van der Waals surface area contributed by atoms with Crippen LogP contribution in [0.4, 0.5) is 14.5 Å². The molecule has 3 N–H and O–H groups in total. The number of nitrogens with one attached hydrogen (secondary N) is 1. The maximum absolute atomic E-state index is 13.7. The summed E-state index contributed by atoms with van der Waals surface area (Å²) in [5, 5.41) is 2.99. The Bertz CT molecular complexity index is 641. The van der Waals surface area contributed by atoms with Crippen LogP contribution in [-0.2, 0) is 6.42 Å². The Kier molecular flexibility index (Phi) is 4.52. The van der Waals surface area contributed by atoms with Crippen molar-refractivity contribution in [1.82, 2.24) is 0 Å². The summed E-state index contributed by atoms with van der Waals surface area (Å²) in [5.41, 5.74) is 6.58. The van der Waals surface area contributed by atoms with Gasteiger partial charge in [0.2, 0.25) is 5.91 Å². The zero-order valence-electron chi connectivity index (χ0n) is 11.6. The number of nitrogens with two attached hydrogens (primary N) is 1. The quantitative estimate of drug-likeness (QED) is 0.889. The molecule has 2 aromatic rings. The maximum atomic E-state index is 13.7. The van der Waals surface area contributed by atoms with Gasteiger partial charge in [0.25, 0.3) is 0 Å². The molecule has 0 aliphatic heterocycles. The van der Waals surface area contributed by atoms with Crippen LogP contribution in [0.5, 0.6) is 0 Å². The number of halogens is 2. The van der Waals surface area contributed by atoms with Crippen molar-refractivity contribution in [3.8, 4) is 0 Å². The first-order valence-corrected chi connectivity index (χ1v) is 6.56. The maximum Gasteiger partial charge on any atom is 0.248 e. The van der Waals surface area contributed by atoms with Gasteiger partial charge in [-0.05, 0) is 49.2 Å². The molecule has 2 aromatic carbocycles. The van der Waals surface area contributed by atoms with Gasteiger partial charge >= 0.3 is 0 Å². The summed E-state index contributed by atoms with van der Waals surface area (Å²) in [6.07, 6.45) is 0.598. The van der Waals surface area contributed by atoms with Gasteiger partial charge in [-0.25, -0.2) is 8.78 Å². The van der Waals surface area contributed by atoms with Gasteiger partial charge in [-0.2, -0.15) is 0 Å². The molecule has 1 atom stereocenters. The molecule has 0 heterocycles. The largest absolute Gasteiger partial charge is 0.380 e. The van der Waals surface area contributed by atoms with E-state index in [9.17, 15) is 13.6 Å². The smallest absolute Gasteiger partial charge is 0.248 e. The third kappa shape index (κ3) is 4.02. The van der Waals surface area contributed by atoms with Crippen LogP contribution in [0.2, 0.25) is 0 Å². The molecule has 1 amide bonds. The molecule has 21 heavy (non-hydrogen) atoms. The van der Waals surface area contributed by atoms with E-state index in [0.717, 1.165) is 5.56 Å². The zero-order valence-corrected chi connectivity index (χ0v) is 11.6. The highest BCUT2D eigenvalue weighted by atomic mass is 19.1. The molecule has 0 fully saturated rings. The Morgan fingerprint density at radius 2 is 1.86 bits per heavy atom. The second-order valence-corrected chi connectivity index (χ2v) is 4.93. The molecule has 0 aliphatic rings. The Balaban J connectivity index is 2.08. The second-order valence-electron chi connectivity index (χ2n) is 4.93. The predicted molar refractivity (Wildman–Crippen MR) is 78.1 cm³/mol. The average molecular weight is 290 g/mol. The van der Waals surface area contributed by atoms with Crippen molar-refractivity contribution in [3.05, 3.63) is 65.2 Å². The van der Waals surface area contributed by atoms with Gasteiger partial charge in [-0.15, -0.1) is 0 Å². The zero-order chi connectivity index (χ0) is 15.4. The number of rotatable bonds is 5.